The van der Waals surface area contributed by atoms with Gasteiger partial charge in [-0.15, -0.1) is 0 Å². The van der Waals surface area contributed by atoms with Crippen LogP contribution in [0.3, 0.4) is 0 Å². The first kappa shape index (κ1) is 19.5. The van der Waals surface area contributed by atoms with Gasteiger partial charge in [-0.3, -0.25) is 0 Å². The van der Waals surface area contributed by atoms with E-state index < -0.39 is 11.9 Å². The van der Waals surface area contributed by atoms with Crippen molar-refractivity contribution in [2.75, 3.05) is 0 Å². The molecule has 29 heavy (non-hydrogen) atoms. The molecule has 0 spiro atoms. The second kappa shape index (κ2) is 9.07. The van der Waals surface area contributed by atoms with Crippen molar-refractivity contribution < 1.29 is 24.2 Å². The average molecular weight is 384 g/mol. The predicted octanol–water partition coefficient (Wildman–Crippen LogP) is 4.10. The summed E-state index contributed by atoms with van der Waals surface area (Å²) in [6.07, 6.45) is 1.06. The van der Waals surface area contributed by atoms with Crippen LogP contribution < -0.4 is 9.47 Å². The molecule has 3 aromatic rings. The van der Waals surface area contributed by atoms with Crippen molar-refractivity contribution in [2.45, 2.75) is 0 Å². The fourth-order valence-electron chi connectivity index (χ4n) is 2.28. The summed E-state index contributed by atoms with van der Waals surface area (Å²) in [5.74, 6) is 5.76. The van der Waals surface area contributed by atoms with Gasteiger partial charge in [0.15, 0.2) is 0 Å². The number of esters is 2. The number of phenols is 1. The van der Waals surface area contributed by atoms with Crippen LogP contribution in [-0.2, 0) is 4.79 Å². The van der Waals surface area contributed by atoms with E-state index in [1.54, 1.807) is 48.5 Å². The van der Waals surface area contributed by atoms with Crippen molar-refractivity contribution in [2.24, 2.45) is 0 Å². The number of hydrogen-bond donors (Lipinski definition) is 1. The van der Waals surface area contributed by atoms with Crippen LogP contribution >= 0.6 is 0 Å². The molecule has 5 nitrogen and oxygen atoms in total. The Morgan fingerprint density at radius 2 is 1.24 bits per heavy atom. The minimum absolute atomic E-state index is 0.189. The topological polar surface area (TPSA) is 72.8 Å². The van der Waals surface area contributed by atoms with Gasteiger partial charge < -0.3 is 14.6 Å². The fraction of sp³-hybridized carbons (Fsp3) is 0. The van der Waals surface area contributed by atoms with Crippen LogP contribution in [0.15, 0.2) is 85.5 Å². The third-order valence-corrected chi connectivity index (χ3v) is 3.76. The highest BCUT2D eigenvalue weighted by atomic mass is 16.5. The molecule has 0 heterocycles. The average Bonchev–Trinajstić information content (AvgIpc) is 2.74. The maximum atomic E-state index is 12.2. The van der Waals surface area contributed by atoms with Crippen LogP contribution in [0.4, 0.5) is 0 Å². The Morgan fingerprint density at radius 1 is 0.759 bits per heavy atom. The summed E-state index contributed by atoms with van der Waals surface area (Å²) in [6, 6.07) is 19.4. The Labute approximate surface area is 167 Å². The van der Waals surface area contributed by atoms with Crippen molar-refractivity contribution >= 4 is 11.9 Å². The first-order chi connectivity index (χ1) is 14.0. The molecule has 0 radical (unpaired) electrons. The maximum Gasteiger partial charge on any atom is 0.343 e. The van der Waals surface area contributed by atoms with Crippen LogP contribution in [0, 0.1) is 11.8 Å². The van der Waals surface area contributed by atoms with Gasteiger partial charge >= 0.3 is 11.9 Å². The lowest BCUT2D eigenvalue weighted by atomic mass is 10.1. The predicted molar refractivity (Wildman–Crippen MR) is 108 cm³/mol. The molecule has 3 aromatic carbocycles. The van der Waals surface area contributed by atoms with Crippen molar-refractivity contribution in [1.82, 2.24) is 0 Å². The molecule has 0 aliphatic rings. The lowest BCUT2D eigenvalue weighted by Crippen LogP contribution is -2.09. The number of aromatic hydroxyl groups is 1. The van der Waals surface area contributed by atoms with Gasteiger partial charge in [0.1, 0.15) is 17.2 Å². The first-order valence-corrected chi connectivity index (χ1v) is 8.61. The zero-order valence-corrected chi connectivity index (χ0v) is 15.3. The lowest BCUT2D eigenvalue weighted by molar-refractivity contribution is -0.128. The zero-order valence-electron chi connectivity index (χ0n) is 15.3. The molecule has 0 aliphatic carbocycles. The Bertz CT molecular complexity index is 1080. The number of phenolic OH excluding ortho intramolecular Hbond substituents is 1. The molecule has 0 atom stereocenters. The second-order valence-electron chi connectivity index (χ2n) is 5.86. The largest absolute Gasteiger partial charge is 0.508 e. The number of benzene rings is 3. The third kappa shape index (κ3) is 5.59. The van der Waals surface area contributed by atoms with Gasteiger partial charge in [-0.2, -0.15) is 0 Å². The van der Waals surface area contributed by atoms with Crippen LogP contribution in [0.5, 0.6) is 17.2 Å². The molecule has 5 heteroatoms. The van der Waals surface area contributed by atoms with E-state index >= 15 is 0 Å². The quantitative estimate of drug-likeness (QED) is 0.317. The lowest BCUT2D eigenvalue weighted by Gasteiger charge is -2.05. The Hall–Kier alpha value is -4.30. The van der Waals surface area contributed by atoms with E-state index in [9.17, 15) is 14.7 Å². The van der Waals surface area contributed by atoms with Gasteiger partial charge in [0.05, 0.1) is 5.56 Å². The molecular formula is C24H16O5. The Kier molecular flexibility index (Phi) is 6.08. The Balaban J connectivity index is 1.62. The zero-order chi connectivity index (χ0) is 20.6. The van der Waals surface area contributed by atoms with E-state index in [4.69, 9.17) is 9.47 Å². The molecule has 1 N–H and O–H groups in total. The summed E-state index contributed by atoms with van der Waals surface area (Å²) in [5.41, 5.74) is 1.85. The first-order valence-electron chi connectivity index (χ1n) is 8.61. The molecular weight excluding hydrogens is 368 g/mol. The van der Waals surface area contributed by atoms with Crippen molar-refractivity contribution in [3.8, 4) is 29.1 Å². The molecule has 0 fully saturated rings. The molecule has 0 unspecified atom stereocenters. The van der Waals surface area contributed by atoms with Crippen molar-refractivity contribution in [3.05, 3.63) is 102 Å². The van der Waals surface area contributed by atoms with E-state index in [1.807, 2.05) is 0 Å². The molecule has 3 rings (SSSR count). The normalized spacial score (nSPS) is 9.66. The summed E-state index contributed by atoms with van der Waals surface area (Å²) in [6.45, 7) is 3.32. The molecule has 142 valence electrons. The van der Waals surface area contributed by atoms with E-state index in [-0.39, 0.29) is 5.75 Å². The van der Waals surface area contributed by atoms with Gasteiger partial charge in [0, 0.05) is 17.2 Å². The number of rotatable bonds is 4. The SMILES string of the molecule is C=CC(=O)Oc1ccc(C(=O)Oc2ccc(C#Cc3ccc(O)cc3)cc2)cc1. The summed E-state index contributed by atoms with van der Waals surface area (Å²) in [5, 5.41) is 9.27. The second-order valence-corrected chi connectivity index (χ2v) is 5.86. The highest BCUT2D eigenvalue weighted by molar-refractivity contribution is 5.91. The van der Waals surface area contributed by atoms with E-state index in [0.29, 0.717) is 17.1 Å². The van der Waals surface area contributed by atoms with Gasteiger partial charge in [0.25, 0.3) is 0 Å². The maximum absolute atomic E-state index is 12.2. The van der Waals surface area contributed by atoms with Crippen molar-refractivity contribution in [1.29, 1.82) is 0 Å². The third-order valence-electron chi connectivity index (χ3n) is 3.76. The summed E-state index contributed by atoms with van der Waals surface area (Å²) in [7, 11) is 0. The van der Waals surface area contributed by atoms with Gasteiger partial charge in [-0.1, -0.05) is 18.4 Å². The molecule has 0 aromatic heterocycles. The summed E-state index contributed by atoms with van der Waals surface area (Å²) in [4.78, 5) is 23.4. The van der Waals surface area contributed by atoms with Crippen LogP contribution in [-0.4, -0.2) is 17.0 Å². The number of hydrogen-bond acceptors (Lipinski definition) is 5. The van der Waals surface area contributed by atoms with E-state index in [1.165, 1.54) is 24.3 Å². The Morgan fingerprint density at radius 3 is 1.79 bits per heavy atom. The van der Waals surface area contributed by atoms with Crippen LogP contribution in [0.2, 0.25) is 0 Å². The van der Waals surface area contributed by atoms with Crippen LogP contribution in [0.25, 0.3) is 0 Å². The van der Waals surface area contributed by atoms with Crippen LogP contribution in [0.1, 0.15) is 21.5 Å². The minimum atomic E-state index is -0.575. The molecule has 0 amide bonds. The minimum Gasteiger partial charge on any atom is -0.508 e. The molecule has 0 bridgehead atoms. The number of carbonyl (C=O) groups excluding carboxylic acids is 2. The highest BCUT2D eigenvalue weighted by Gasteiger charge is 2.09. The molecule has 0 aliphatic heterocycles. The van der Waals surface area contributed by atoms with E-state index in [0.717, 1.165) is 17.2 Å². The number of carbonyl (C=O) groups is 2. The van der Waals surface area contributed by atoms with Gasteiger partial charge in [-0.05, 0) is 72.8 Å². The smallest absolute Gasteiger partial charge is 0.343 e. The highest BCUT2D eigenvalue weighted by Crippen LogP contribution is 2.17. The van der Waals surface area contributed by atoms with Crippen molar-refractivity contribution in [3.63, 3.8) is 0 Å². The van der Waals surface area contributed by atoms with Gasteiger partial charge in [-0.25, -0.2) is 9.59 Å². The molecule has 0 saturated carbocycles. The standard InChI is InChI=1S/C24H16O5/c1-2-23(26)28-21-15-9-19(10-16-21)24(27)29-22-13-7-18(8-14-22)4-3-17-5-11-20(25)12-6-17/h2,5-16,25H,1H2. The molecule has 0 saturated heterocycles. The fourth-order valence-corrected chi connectivity index (χ4v) is 2.28. The van der Waals surface area contributed by atoms with Gasteiger partial charge in [0.2, 0.25) is 0 Å². The summed E-state index contributed by atoms with van der Waals surface area (Å²) < 4.78 is 10.3. The summed E-state index contributed by atoms with van der Waals surface area (Å²) >= 11 is 0. The monoisotopic (exact) mass is 384 g/mol. The number of ether oxygens (including phenoxy) is 2. The van der Waals surface area contributed by atoms with E-state index in [2.05, 4.69) is 18.4 Å².